The average molecular weight is 330 g/mol. The molecule has 4 aliphatic carbocycles. The lowest BCUT2D eigenvalue weighted by Crippen LogP contribution is -2.57. The zero-order valence-corrected chi connectivity index (χ0v) is 13.0. The molecule has 7 atom stereocenters. The molecule has 7 nitrogen and oxygen atoms in total. The Hall–Kier alpha value is -2.02. The Morgan fingerprint density at radius 1 is 1.00 bits per heavy atom. The van der Waals surface area contributed by atoms with Gasteiger partial charge < -0.3 is 4.74 Å². The maximum Gasteiger partial charge on any atom is 0.281 e. The van der Waals surface area contributed by atoms with Crippen molar-refractivity contribution in [2.45, 2.75) is 32.0 Å². The lowest BCUT2D eigenvalue weighted by atomic mass is 9.45. The fraction of sp³-hybridized carbons (Fsp3) is 0.647. The van der Waals surface area contributed by atoms with Gasteiger partial charge in [0.25, 0.3) is 11.4 Å². The first kappa shape index (κ1) is 14.3. The molecule has 0 aliphatic heterocycles. The summed E-state index contributed by atoms with van der Waals surface area (Å²) in [6, 6.07) is 3.79. The fourth-order valence-corrected chi connectivity index (χ4v) is 6.33. The van der Waals surface area contributed by atoms with Crippen molar-refractivity contribution in [3.63, 3.8) is 0 Å². The monoisotopic (exact) mass is 330 g/mol. The Morgan fingerprint density at radius 3 is 2.54 bits per heavy atom. The van der Waals surface area contributed by atoms with Crippen LogP contribution in [0.15, 0.2) is 18.2 Å². The number of nitro benzene ring substituents is 2. The van der Waals surface area contributed by atoms with E-state index in [0.717, 1.165) is 42.1 Å². The molecule has 4 aliphatic rings. The first-order chi connectivity index (χ1) is 11.6. The molecule has 0 aromatic heterocycles. The van der Waals surface area contributed by atoms with Gasteiger partial charge in [0.05, 0.1) is 34.2 Å². The minimum Gasteiger partial charge on any atom is -0.373 e. The number of hydrogen-bond donors (Lipinski definition) is 0. The highest BCUT2D eigenvalue weighted by Crippen LogP contribution is 2.77. The predicted molar refractivity (Wildman–Crippen MR) is 83.1 cm³/mol. The standard InChI is InChI=1S/C17H18N2O5/c20-18(21)9-2-1-8(13(5-9)19(22)23)7-24-14-6-12-10-3-4-11-15(10)17(12)16(11)14/h1-2,5,10-12,14-17H,3-4,6-7H2/t10?,11?,12?,14-,15?,16?,17?/m1/s1. The lowest BCUT2D eigenvalue weighted by Gasteiger charge is -2.60. The highest BCUT2D eigenvalue weighted by molar-refractivity contribution is 5.48. The summed E-state index contributed by atoms with van der Waals surface area (Å²) in [5.74, 6) is 4.99. The van der Waals surface area contributed by atoms with E-state index in [1.54, 1.807) is 0 Å². The molecule has 126 valence electrons. The highest BCUT2D eigenvalue weighted by Gasteiger charge is 2.73. The SMILES string of the molecule is O=[N+]([O-])c1ccc(CO[C@@H]2CC3C4CCC5C4C3C52)c([N+](=O)[O-])c1. The van der Waals surface area contributed by atoms with Gasteiger partial charge in [-0.05, 0) is 60.8 Å². The van der Waals surface area contributed by atoms with E-state index >= 15 is 0 Å². The number of fused-ring (bicyclic) bond motifs is 2. The molecule has 5 rings (SSSR count). The van der Waals surface area contributed by atoms with Crippen molar-refractivity contribution < 1.29 is 14.6 Å². The summed E-state index contributed by atoms with van der Waals surface area (Å²) in [5.41, 5.74) is -0.0624. The van der Waals surface area contributed by atoms with Crippen LogP contribution in [0, 0.1) is 55.7 Å². The molecule has 4 saturated carbocycles. The van der Waals surface area contributed by atoms with Crippen LogP contribution < -0.4 is 0 Å². The zero-order valence-electron chi connectivity index (χ0n) is 13.0. The van der Waals surface area contributed by atoms with Gasteiger partial charge in [0.1, 0.15) is 0 Å². The molecule has 1 aromatic rings. The van der Waals surface area contributed by atoms with E-state index in [4.69, 9.17) is 4.74 Å². The summed E-state index contributed by atoms with van der Waals surface area (Å²) >= 11 is 0. The lowest BCUT2D eigenvalue weighted by molar-refractivity contribution is -0.394. The van der Waals surface area contributed by atoms with E-state index in [0.29, 0.717) is 11.5 Å². The predicted octanol–water partition coefficient (Wildman–Crippen LogP) is 3.31. The Morgan fingerprint density at radius 2 is 1.79 bits per heavy atom. The van der Waals surface area contributed by atoms with Gasteiger partial charge in [-0.3, -0.25) is 20.2 Å². The Bertz CT molecular complexity index is 740. The smallest absolute Gasteiger partial charge is 0.281 e. The summed E-state index contributed by atoms with van der Waals surface area (Å²) in [4.78, 5) is 20.8. The van der Waals surface area contributed by atoms with Crippen LogP contribution in [0.2, 0.25) is 0 Å². The molecule has 0 saturated heterocycles. The first-order valence-corrected chi connectivity index (χ1v) is 8.59. The summed E-state index contributed by atoms with van der Waals surface area (Å²) in [6.45, 7) is 0.164. The number of nitrogens with zero attached hydrogens (tertiary/aromatic N) is 2. The van der Waals surface area contributed by atoms with E-state index < -0.39 is 9.85 Å². The van der Waals surface area contributed by atoms with Crippen LogP contribution in [0.5, 0.6) is 0 Å². The van der Waals surface area contributed by atoms with Crippen molar-refractivity contribution in [3.05, 3.63) is 44.0 Å². The highest BCUT2D eigenvalue weighted by atomic mass is 16.6. The number of nitro groups is 2. The number of rotatable bonds is 5. The second kappa shape index (κ2) is 4.75. The summed E-state index contributed by atoms with van der Waals surface area (Å²) < 4.78 is 6.09. The van der Waals surface area contributed by atoms with Crippen molar-refractivity contribution >= 4 is 11.4 Å². The molecule has 0 heterocycles. The second-order valence-corrected chi connectivity index (χ2v) is 7.71. The van der Waals surface area contributed by atoms with Gasteiger partial charge in [-0.2, -0.15) is 0 Å². The molecule has 0 bridgehead atoms. The van der Waals surface area contributed by atoms with Gasteiger partial charge >= 0.3 is 0 Å². The average Bonchev–Trinajstić information content (AvgIpc) is 2.81. The van der Waals surface area contributed by atoms with Crippen LogP contribution in [-0.4, -0.2) is 16.0 Å². The molecule has 7 heteroatoms. The van der Waals surface area contributed by atoms with Crippen LogP contribution in [0.3, 0.4) is 0 Å². The molecule has 0 N–H and O–H groups in total. The normalized spacial score (nSPS) is 40.6. The van der Waals surface area contributed by atoms with Gasteiger partial charge in [-0.25, -0.2) is 0 Å². The van der Waals surface area contributed by atoms with Gasteiger partial charge in [0.2, 0.25) is 0 Å². The Balaban J connectivity index is 1.32. The zero-order chi connectivity index (χ0) is 16.6. The third-order valence-corrected chi connectivity index (χ3v) is 7.11. The molecular weight excluding hydrogens is 312 g/mol. The van der Waals surface area contributed by atoms with Crippen LogP contribution >= 0.6 is 0 Å². The molecule has 0 radical (unpaired) electrons. The van der Waals surface area contributed by atoms with Crippen molar-refractivity contribution in [1.29, 1.82) is 0 Å². The van der Waals surface area contributed by atoms with Crippen molar-refractivity contribution in [3.8, 4) is 0 Å². The van der Waals surface area contributed by atoms with Crippen molar-refractivity contribution in [2.24, 2.45) is 35.5 Å². The minimum atomic E-state index is -0.614. The third-order valence-electron chi connectivity index (χ3n) is 7.11. The third kappa shape index (κ3) is 1.70. The number of benzene rings is 1. The quantitative estimate of drug-likeness (QED) is 0.609. The number of non-ortho nitro benzene ring substituents is 1. The maximum atomic E-state index is 11.2. The minimum absolute atomic E-state index is 0.164. The maximum absolute atomic E-state index is 11.2. The molecule has 0 amide bonds. The van der Waals surface area contributed by atoms with Crippen LogP contribution in [0.1, 0.15) is 24.8 Å². The summed E-state index contributed by atoms with van der Waals surface area (Å²) in [7, 11) is 0. The number of hydrogen-bond acceptors (Lipinski definition) is 5. The second-order valence-electron chi connectivity index (χ2n) is 7.71. The molecule has 1 aromatic carbocycles. The van der Waals surface area contributed by atoms with Gasteiger partial charge in [0.15, 0.2) is 0 Å². The van der Waals surface area contributed by atoms with E-state index in [1.807, 2.05) is 0 Å². The van der Waals surface area contributed by atoms with Crippen LogP contribution in [0.25, 0.3) is 0 Å². The molecule has 0 spiro atoms. The van der Waals surface area contributed by atoms with Gasteiger partial charge in [-0.15, -0.1) is 0 Å². The molecule has 6 unspecified atom stereocenters. The topological polar surface area (TPSA) is 95.5 Å². The summed E-state index contributed by atoms with van der Waals surface area (Å²) in [6.07, 6.45) is 4.01. The van der Waals surface area contributed by atoms with Crippen molar-refractivity contribution in [2.75, 3.05) is 0 Å². The van der Waals surface area contributed by atoms with Crippen LogP contribution in [0.4, 0.5) is 11.4 Å². The van der Waals surface area contributed by atoms with Gasteiger partial charge in [0, 0.05) is 6.07 Å². The molecular formula is C17H18N2O5. The first-order valence-electron chi connectivity index (χ1n) is 8.59. The Kier molecular flexibility index (Phi) is 2.84. The van der Waals surface area contributed by atoms with Crippen LogP contribution in [-0.2, 0) is 11.3 Å². The van der Waals surface area contributed by atoms with E-state index in [9.17, 15) is 20.2 Å². The van der Waals surface area contributed by atoms with E-state index in [-0.39, 0.29) is 24.1 Å². The van der Waals surface area contributed by atoms with E-state index in [1.165, 1.54) is 25.0 Å². The van der Waals surface area contributed by atoms with E-state index in [2.05, 4.69) is 0 Å². The molecule has 4 fully saturated rings. The molecule has 24 heavy (non-hydrogen) atoms. The Labute approximate surface area is 138 Å². The van der Waals surface area contributed by atoms with Crippen molar-refractivity contribution in [1.82, 2.24) is 0 Å². The van der Waals surface area contributed by atoms with Gasteiger partial charge in [-0.1, -0.05) is 0 Å². The fourth-order valence-electron chi connectivity index (χ4n) is 6.33. The largest absolute Gasteiger partial charge is 0.373 e. The summed E-state index contributed by atoms with van der Waals surface area (Å²) in [5, 5.41) is 22.0. The number of ether oxygens (including phenoxy) is 1.